The lowest BCUT2D eigenvalue weighted by atomic mass is 9.99. The van der Waals surface area contributed by atoms with Gasteiger partial charge in [0.2, 0.25) is 0 Å². The van der Waals surface area contributed by atoms with E-state index in [2.05, 4.69) is 0 Å². The standard InChI is InChI=1S/C10H13NO3/c1-6-2-3-7(5-12)8(4-6)9(11)10(13)14/h2-4,9,12H,5,11H2,1H3,(H,13,14)/t9-/m0/s1. The summed E-state index contributed by atoms with van der Waals surface area (Å²) >= 11 is 0. The van der Waals surface area contributed by atoms with Gasteiger partial charge in [-0.05, 0) is 18.1 Å². The Bertz CT molecular complexity index is 349. The first-order valence-corrected chi connectivity index (χ1v) is 4.25. The molecule has 0 aliphatic carbocycles. The lowest BCUT2D eigenvalue weighted by molar-refractivity contribution is -0.138. The van der Waals surface area contributed by atoms with Gasteiger partial charge in [0, 0.05) is 0 Å². The third-order valence-corrected chi connectivity index (χ3v) is 2.07. The molecule has 0 fully saturated rings. The molecular weight excluding hydrogens is 182 g/mol. The van der Waals surface area contributed by atoms with E-state index < -0.39 is 12.0 Å². The van der Waals surface area contributed by atoms with E-state index in [1.165, 1.54) is 0 Å². The van der Waals surface area contributed by atoms with E-state index in [0.717, 1.165) is 5.56 Å². The van der Waals surface area contributed by atoms with Crippen LogP contribution >= 0.6 is 0 Å². The average molecular weight is 195 g/mol. The van der Waals surface area contributed by atoms with Gasteiger partial charge in [0.1, 0.15) is 6.04 Å². The van der Waals surface area contributed by atoms with E-state index in [9.17, 15) is 4.79 Å². The van der Waals surface area contributed by atoms with Gasteiger partial charge in [-0.15, -0.1) is 0 Å². The average Bonchev–Trinajstić information content (AvgIpc) is 2.16. The number of aryl methyl sites for hydroxylation is 1. The normalized spacial score (nSPS) is 12.5. The molecule has 0 saturated heterocycles. The summed E-state index contributed by atoms with van der Waals surface area (Å²) in [6.07, 6.45) is 0. The molecule has 1 rings (SSSR count). The molecule has 4 N–H and O–H groups in total. The second kappa shape index (κ2) is 4.21. The van der Waals surface area contributed by atoms with Gasteiger partial charge in [0.05, 0.1) is 6.61 Å². The maximum atomic E-state index is 10.7. The molecule has 14 heavy (non-hydrogen) atoms. The monoisotopic (exact) mass is 195 g/mol. The Morgan fingerprint density at radius 3 is 2.71 bits per heavy atom. The molecule has 76 valence electrons. The minimum absolute atomic E-state index is 0.198. The number of carboxylic acid groups (broad SMARTS) is 1. The van der Waals surface area contributed by atoms with Gasteiger partial charge >= 0.3 is 5.97 Å². The molecule has 0 heterocycles. The maximum Gasteiger partial charge on any atom is 0.325 e. The second-order valence-electron chi connectivity index (χ2n) is 3.18. The van der Waals surface area contributed by atoms with Crippen LogP contribution in [0.5, 0.6) is 0 Å². The highest BCUT2D eigenvalue weighted by Gasteiger charge is 2.17. The summed E-state index contributed by atoms with van der Waals surface area (Å²) in [5.74, 6) is -1.09. The largest absolute Gasteiger partial charge is 0.480 e. The zero-order chi connectivity index (χ0) is 10.7. The van der Waals surface area contributed by atoms with Crippen LogP contribution in [0.25, 0.3) is 0 Å². The molecule has 0 saturated carbocycles. The predicted octanol–water partition coefficient (Wildman–Crippen LogP) is 0.572. The van der Waals surface area contributed by atoms with Crippen molar-refractivity contribution in [2.24, 2.45) is 5.73 Å². The van der Waals surface area contributed by atoms with Crippen LogP contribution in [0.2, 0.25) is 0 Å². The highest BCUT2D eigenvalue weighted by atomic mass is 16.4. The first-order chi connectivity index (χ1) is 6.56. The number of hydrogen-bond donors (Lipinski definition) is 3. The first-order valence-electron chi connectivity index (χ1n) is 4.25. The minimum Gasteiger partial charge on any atom is -0.480 e. The third-order valence-electron chi connectivity index (χ3n) is 2.07. The number of rotatable bonds is 3. The van der Waals surface area contributed by atoms with Gasteiger partial charge in [0.15, 0.2) is 0 Å². The van der Waals surface area contributed by atoms with Gasteiger partial charge in [-0.1, -0.05) is 23.8 Å². The van der Waals surface area contributed by atoms with Crippen LogP contribution in [0.3, 0.4) is 0 Å². The number of aliphatic hydroxyl groups is 1. The molecule has 0 radical (unpaired) electrons. The number of hydrogen-bond acceptors (Lipinski definition) is 3. The van der Waals surface area contributed by atoms with Crippen molar-refractivity contribution in [2.45, 2.75) is 19.6 Å². The fourth-order valence-corrected chi connectivity index (χ4v) is 1.28. The van der Waals surface area contributed by atoms with Crippen molar-refractivity contribution in [3.8, 4) is 0 Å². The molecule has 1 atom stereocenters. The van der Waals surface area contributed by atoms with Crippen molar-refractivity contribution in [1.82, 2.24) is 0 Å². The molecule has 4 nitrogen and oxygen atoms in total. The Kier molecular flexibility index (Phi) is 3.22. The minimum atomic E-state index is -1.09. The van der Waals surface area contributed by atoms with E-state index in [0.29, 0.717) is 11.1 Å². The number of aliphatic carboxylic acids is 1. The Morgan fingerprint density at radius 2 is 2.21 bits per heavy atom. The maximum absolute atomic E-state index is 10.7. The summed E-state index contributed by atoms with van der Waals surface area (Å²) in [6.45, 7) is 1.65. The van der Waals surface area contributed by atoms with Crippen LogP contribution < -0.4 is 5.73 Å². The summed E-state index contributed by atoms with van der Waals surface area (Å²) in [5.41, 5.74) is 7.43. The van der Waals surface area contributed by atoms with Crippen molar-refractivity contribution < 1.29 is 15.0 Å². The van der Waals surface area contributed by atoms with E-state index in [1.54, 1.807) is 12.1 Å². The van der Waals surface area contributed by atoms with Crippen molar-refractivity contribution in [3.05, 3.63) is 34.9 Å². The highest BCUT2D eigenvalue weighted by Crippen LogP contribution is 2.18. The number of benzene rings is 1. The summed E-state index contributed by atoms with van der Waals surface area (Å²) in [4.78, 5) is 10.7. The number of carboxylic acids is 1. The van der Waals surface area contributed by atoms with Crippen LogP contribution in [0, 0.1) is 6.92 Å². The summed E-state index contributed by atoms with van der Waals surface area (Å²) in [7, 11) is 0. The SMILES string of the molecule is Cc1ccc(CO)c([C@H](N)C(=O)O)c1. The Balaban J connectivity index is 3.16. The zero-order valence-electron chi connectivity index (χ0n) is 7.90. The molecule has 0 aliphatic rings. The Labute approximate surface area is 82.0 Å². The molecule has 1 aromatic rings. The van der Waals surface area contributed by atoms with Crippen molar-refractivity contribution in [3.63, 3.8) is 0 Å². The molecule has 4 heteroatoms. The third kappa shape index (κ3) is 2.10. The fourth-order valence-electron chi connectivity index (χ4n) is 1.28. The predicted molar refractivity (Wildman–Crippen MR) is 51.7 cm³/mol. The highest BCUT2D eigenvalue weighted by molar-refractivity contribution is 5.75. The fraction of sp³-hybridized carbons (Fsp3) is 0.300. The van der Waals surface area contributed by atoms with Crippen LogP contribution in [0.1, 0.15) is 22.7 Å². The first kappa shape index (κ1) is 10.7. The molecule has 1 aromatic carbocycles. The van der Waals surface area contributed by atoms with Gasteiger partial charge < -0.3 is 15.9 Å². The van der Waals surface area contributed by atoms with Gasteiger partial charge in [0.25, 0.3) is 0 Å². The number of nitrogens with two attached hydrogens (primary N) is 1. The van der Waals surface area contributed by atoms with Crippen LogP contribution in [-0.4, -0.2) is 16.2 Å². The van der Waals surface area contributed by atoms with Crippen molar-refractivity contribution in [2.75, 3.05) is 0 Å². The topological polar surface area (TPSA) is 83.5 Å². The Morgan fingerprint density at radius 1 is 1.57 bits per heavy atom. The van der Waals surface area contributed by atoms with E-state index in [1.807, 2.05) is 13.0 Å². The van der Waals surface area contributed by atoms with E-state index in [-0.39, 0.29) is 6.61 Å². The van der Waals surface area contributed by atoms with Crippen LogP contribution in [-0.2, 0) is 11.4 Å². The molecule has 0 aromatic heterocycles. The lowest BCUT2D eigenvalue weighted by Gasteiger charge is -2.12. The molecule has 0 unspecified atom stereocenters. The second-order valence-corrected chi connectivity index (χ2v) is 3.18. The van der Waals surface area contributed by atoms with E-state index >= 15 is 0 Å². The van der Waals surface area contributed by atoms with Gasteiger partial charge in [-0.3, -0.25) is 4.79 Å². The number of aliphatic hydroxyl groups excluding tert-OH is 1. The molecular formula is C10H13NO3. The van der Waals surface area contributed by atoms with Gasteiger partial charge in [-0.25, -0.2) is 0 Å². The summed E-state index contributed by atoms with van der Waals surface area (Å²) in [6, 6.07) is 4.11. The van der Waals surface area contributed by atoms with Crippen molar-refractivity contribution >= 4 is 5.97 Å². The molecule has 0 bridgehead atoms. The van der Waals surface area contributed by atoms with Crippen LogP contribution in [0.15, 0.2) is 18.2 Å². The Hall–Kier alpha value is -1.39. The lowest BCUT2D eigenvalue weighted by Crippen LogP contribution is -2.22. The zero-order valence-corrected chi connectivity index (χ0v) is 7.90. The number of carbonyl (C=O) groups is 1. The molecule has 0 amide bonds. The quantitative estimate of drug-likeness (QED) is 0.658. The summed E-state index contributed by atoms with van der Waals surface area (Å²) < 4.78 is 0. The van der Waals surface area contributed by atoms with E-state index in [4.69, 9.17) is 15.9 Å². The van der Waals surface area contributed by atoms with Crippen LogP contribution in [0.4, 0.5) is 0 Å². The molecule has 0 aliphatic heterocycles. The summed E-state index contributed by atoms with van der Waals surface area (Å²) in [5, 5.41) is 17.7. The van der Waals surface area contributed by atoms with Crippen molar-refractivity contribution in [1.29, 1.82) is 0 Å². The molecule has 0 spiro atoms. The smallest absolute Gasteiger partial charge is 0.325 e. The van der Waals surface area contributed by atoms with Gasteiger partial charge in [-0.2, -0.15) is 0 Å².